The second kappa shape index (κ2) is 6.18. The molecule has 0 bridgehead atoms. The molecule has 3 heteroatoms. The van der Waals surface area contributed by atoms with Gasteiger partial charge in [-0.3, -0.25) is 4.79 Å². The minimum absolute atomic E-state index is 0.0480. The van der Waals surface area contributed by atoms with Gasteiger partial charge in [0.05, 0.1) is 0 Å². The van der Waals surface area contributed by atoms with Gasteiger partial charge in [-0.1, -0.05) is 6.07 Å². The van der Waals surface area contributed by atoms with Crippen LogP contribution in [0.25, 0.3) is 0 Å². The molecule has 0 spiro atoms. The van der Waals surface area contributed by atoms with E-state index in [1.165, 1.54) is 30.4 Å². The van der Waals surface area contributed by atoms with Crippen molar-refractivity contribution in [1.82, 2.24) is 4.90 Å². The number of likely N-dealkylation sites (tertiary alicyclic amines) is 1. The normalized spacial score (nSPS) is 23.5. The highest BCUT2D eigenvalue weighted by Gasteiger charge is 2.30. The smallest absolute Gasteiger partial charge is 0.254 e. The Labute approximate surface area is 127 Å². The van der Waals surface area contributed by atoms with Crippen molar-refractivity contribution >= 4 is 5.91 Å². The molecule has 2 unspecified atom stereocenters. The van der Waals surface area contributed by atoms with Crippen molar-refractivity contribution in [2.75, 3.05) is 6.54 Å². The average Bonchev–Trinajstić information content (AvgIpc) is 2.53. The number of carbonyl (C=O) groups excluding carboxylic acids is 1. The number of hydrogen-bond donors (Lipinski definition) is 1. The topological polar surface area (TPSA) is 46.3 Å². The molecule has 1 heterocycles. The number of aryl methyl sites for hydroxylation is 2. The number of benzene rings is 1. The van der Waals surface area contributed by atoms with Gasteiger partial charge in [-0.2, -0.15) is 0 Å². The van der Waals surface area contributed by atoms with Crippen molar-refractivity contribution in [3.8, 4) is 0 Å². The Kier molecular flexibility index (Phi) is 4.29. The zero-order chi connectivity index (χ0) is 14.8. The van der Waals surface area contributed by atoms with Crippen LogP contribution >= 0.6 is 0 Å². The molecule has 21 heavy (non-hydrogen) atoms. The fourth-order valence-electron chi connectivity index (χ4n) is 3.79. The summed E-state index contributed by atoms with van der Waals surface area (Å²) in [7, 11) is 0. The third kappa shape index (κ3) is 2.98. The summed E-state index contributed by atoms with van der Waals surface area (Å²) in [5.41, 5.74) is 9.75. The molecule has 114 valence electrons. The van der Waals surface area contributed by atoms with Crippen LogP contribution in [0.2, 0.25) is 0 Å². The van der Waals surface area contributed by atoms with Crippen LogP contribution < -0.4 is 5.73 Å². The van der Waals surface area contributed by atoms with E-state index >= 15 is 0 Å². The van der Waals surface area contributed by atoms with Crippen LogP contribution in [0.15, 0.2) is 18.2 Å². The molecule has 0 aromatic heterocycles. The summed E-state index contributed by atoms with van der Waals surface area (Å²) in [5.74, 6) is 0.172. The maximum absolute atomic E-state index is 12.9. The van der Waals surface area contributed by atoms with Gasteiger partial charge in [-0.05, 0) is 75.1 Å². The van der Waals surface area contributed by atoms with Crippen LogP contribution in [0.1, 0.15) is 60.5 Å². The van der Waals surface area contributed by atoms with E-state index in [-0.39, 0.29) is 18.0 Å². The summed E-state index contributed by atoms with van der Waals surface area (Å²) in [6.45, 7) is 2.87. The highest BCUT2D eigenvalue weighted by Crippen LogP contribution is 2.25. The molecule has 1 saturated heterocycles. The van der Waals surface area contributed by atoms with E-state index in [9.17, 15) is 4.79 Å². The first-order valence-electron chi connectivity index (χ1n) is 8.35. The lowest BCUT2D eigenvalue weighted by Crippen LogP contribution is -2.51. The first kappa shape index (κ1) is 14.6. The Morgan fingerprint density at radius 3 is 2.71 bits per heavy atom. The van der Waals surface area contributed by atoms with Gasteiger partial charge < -0.3 is 10.6 Å². The minimum atomic E-state index is 0.0480. The number of fused-ring (bicyclic) bond motifs is 1. The molecule has 1 aliphatic heterocycles. The highest BCUT2D eigenvalue weighted by atomic mass is 16.2. The van der Waals surface area contributed by atoms with Gasteiger partial charge in [-0.15, -0.1) is 0 Å². The number of piperidine rings is 1. The maximum atomic E-state index is 12.9. The average molecular weight is 286 g/mol. The van der Waals surface area contributed by atoms with E-state index in [1.54, 1.807) is 0 Å². The van der Waals surface area contributed by atoms with Gasteiger partial charge >= 0.3 is 0 Å². The molecule has 1 aromatic rings. The van der Waals surface area contributed by atoms with Crippen molar-refractivity contribution in [1.29, 1.82) is 0 Å². The third-order valence-electron chi connectivity index (χ3n) is 5.01. The van der Waals surface area contributed by atoms with Crippen molar-refractivity contribution in [2.45, 2.75) is 64.0 Å². The summed E-state index contributed by atoms with van der Waals surface area (Å²) in [6.07, 6.45) is 8.12. The molecule has 2 atom stereocenters. The van der Waals surface area contributed by atoms with E-state index in [4.69, 9.17) is 5.73 Å². The van der Waals surface area contributed by atoms with E-state index in [2.05, 4.69) is 12.1 Å². The number of hydrogen-bond acceptors (Lipinski definition) is 2. The summed E-state index contributed by atoms with van der Waals surface area (Å²) in [6, 6.07) is 6.55. The Balaban J connectivity index is 1.83. The van der Waals surface area contributed by atoms with Crippen molar-refractivity contribution < 1.29 is 4.79 Å². The van der Waals surface area contributed by atoms with Crippen molar-refractivity contribution in [2.24, 2.45) is 5.73 Å². The molecular weight excluding hydrogens is 260 g/mol. The van der Waals surface area contributed by atoms with E-state index in [0.29, 0.717) is 0 Å². The summed E-state index contributed by atoms with van der Waals surface area (Å²) >= 11 is 0. The molecule has 2 N–H and O–H groups in total. The second-order valence-electron chi connectivity index (χ2n) is 6.61. The monoisotopic (exact) mass is 286 g/mol. The predicted octanol–water partition coefficient (Wildman–Crippen LogP) is 2.91. The fourth-order valence-corrected chi connectivity index (χ4v) is 3.79. The van der Waals surface area contributed by atoms with Crippen LogP contribution in [0.3, 0.4) is 0 Å². The number of rotatable bonds is 2. The SMILES string of the molecule is CC(N)C1CCCCN1C(=O)c1ccc2c(c1)CCCC2. The summed E-state index contributed by atoms with van der Waals surface area (Å²) < 4.78 is 0. The zero-order valence-corrected chi connectivity index (χ0v) is 13.0. The molecule has 1 aromatic carbocycles. The van der Waals surface area contributed by atoms with Crippen LogP contribution in [-0.2, 0) is 12.8 Å². The first-order valence-corrected chi connectivity index (χ1v) is 8.35. The van der Waals surface area contributed by atoms with Gasteiger partial charge in [-0.25, -0.2) is 0 Å². The Hall–Kier alpha value is -1.35. The lowest BCUT2D eigenvalue weighted by atomic mass is 9.89. The summed E-state index contributed by atoms with van der Waals surface area (Å²) in [4.78, 5) is 14.9. The number of nitrogens with two attached hydrogens (primary N) is 1. The molecule has 0 saturated carbocycles. The quantitative estimate of drug-likeness (QED) is 0.908. The van der Waals surface area contributed by atoms with Crippen molar-refractivity contribution in [3.63, 3.8) is 0 Å². The molecule has 2 aliphatic rings. The van der Waals surface area contributed by atoms with Gasteiger partial charge in [0.1, 0.15) is 0 Å². The van der Waals surface area contributed by atoms with Gasteiger partial charge in [0.2, 0.25) is 0 Å². The van der Waals surface area contributed by atoms with Crippen LogP contribution in [-0.4, -0.2) is 29.4 Å². The molecule has 1 aliphatic carbocycles. The molecule has 3 nitrogen and oxygen atoms in total. The van der Waals surface area contributed by atoms with E-state index in [0.717, 1.165) is 37.8 Å². The minimum Gasteiger partial charge on any atom is -0.334 e. The van der Waals surface area contributed by atoms with Crippen LogP contribution in [0.5, 0.6) is 0 Å². The van der Waals surface area contributed by atoms with Crippen LogP contribution in [0, 0.1) is 0 Å². The second-order valence-corrected chi connectivity index (χ2v) is 6.61. The predicted molar refractivity (Wildman–Crippen MR) is 85.4 cm³/mol. The molecule has 1 amide bonds. The van der Waals surface area contributed by atoms with E-state index in [1.807, 2.05) is 17.9 Å². The molecular formula is C18H26N2O. The zero-order valence-electron chi connectivity index (χ0n) is 13.0. The van der Waals surface area contributed by atoms with Gasteiger partial charge in [0.15, 0.2) is 0 Å². The maximum Gasteiger partial charge on any atom is 0.254 e. The number of nitrogens with zero attached hydrogens (tertiary/aromatic N) is 1. The standard InChI is InChI=1S/C18H26N2O/c1-13(19)17-8-4-5-11-20(17)18(21)16-10-9-14-6-2-3-7-15(14)12-16/h9-10,12-13,17H,2-8,11,19H2,1H3. The van der Waals surface area contributed by atoms with E-state index < -0.39 is 0 Å². The summed E-state index contributed by atoms with van der Waals surface area (Å²) in [5, 5.41) is 0. The Bertz CT molecular complexity index is 524. The van der Waals surface area contributed by atoms with Gasteiger partial charge in [0, 0.05) is 24.2 Å². The molecule has 0 radical (unpaired) electrons. The Morgan fingerprint density at radius 2 is 1.95 bits per heavy atom. The molecule has 3 rings (SSSR count). The van der Waals surface area contributed by atoms with Crippen LogP contribution in [0.4, 0.5) is 0 Å². The first-order chi connectivity index (χ1) is 10.2. The number of amides is 1. The van der Waals surface area contributed by atoms with Gasteiger partial charge in [0.25, 0.3) is 5.91 Å². The lowest BCUT2D eigenvalue weighted by Gasteiger charge is -2.38. The lowest BCUT2D eigenvalue weighted by molar-refractivity contribution is 0.0583. The highest BCUT2D eigenvalue weighted by molar-refractivity contribution is 5.94. The fraction of sp³-hybridized carbons (Fsp3) is 0.611. The number of carbonyl (C=O) groups is 1. The molecule has 1 fully saturated rings. The Morgan fingerprint density at radius 1 is 1.19 bits per heavy atom. The van der Waals surface area contributed by atoms with Crippen molar-refractivity contribution in [3.05, 3.63) is 34.9 Å². The largest absolute Gasteiger partial charge is 0.334 e. The third-order valence-corrected chi connectivity index (χ3v) is 5.01.